The van der Waals surface area contributed by atoms with E-state index in [0.717, 1.165) is 11.4 Å². The van der Waals surface area contributed by atoms with Gasteiger partial charge in [0.05, 0.1) is 17.4 Å². The second kappa shape index (κ2) is 5.77. The third-order valence-electron chi connectivity index (χ3n) is 4.60. The number of amides is 1. The van der Waals surface area contributed by atoms with Gasteiger partial charge in [-0.25, -0.2) is 14.4 Å². The number of thiazole rings is 1. The zero-order chi connectivity index (χ0) is 17.7. The number of rotatable bonds is 2. The summed E-state index contributed by atoms with van der Waals surface area (Å²) in [4.78, 5) is 26.3. The number of fused-ring (bicyclic) bond motifs is 2. The van der Waals surface area contributed by atoms with Crippen molar-refractivity contribution in [2.45, 2.75) is 12.5 Å². The van der Waals surface area contributed by atoms with Crippen molar-refractivity contribution in [2.75, 3.05) is 6.54 Å². The summed E-state index contributed by atoms with van der Waals surface area (Å²) < 4.78 is 20.0. The molecule has 3 aromatic heterocycles. The van der Waals surface area contributed by atoms with E-state index >= 15 is 0 Å². The third-order valence-corrected chi connectivity index (χ3v) is 5.36. The van der Waals surface area contributed by atoms with Crippen LogP contribution in [-0.2, 0) is 6.42 Å². The normalized spacial score (nSPS) is 16.8. The average Bonchev–Trinajstić information content (AvgIpc) is 3.39. The van der Waals surface area contributed by atoms with E-state index in [1.807, 2.05) is 0 Å². The summed E-state index contributed by atoms with van der Waals surface area (Å²) in [6.45, 7) is 0.498. The highest BCUT2D eigenvalue weighted by atomic mass is 32.1. The number of carbonyl (C=O) groups is 1. The summed E-state index contributed by atoms with van der Waals surface area (Å²) in [5.41, 5.74) is 2.13. The second-order valence-corrected chi connectivity index (χ2v) is 6.95. The number of carbonyl (C=O) groups excluding carboxylic acids is 1. The molecular weight excluding hydrogens is 355 g/mol. The minimum atomic E-state index is -0.520. The molecule has 4 aromatic rings. The fourth-order valence-corrected chi connectivity index (χ4v) is 4.01. The van der Waals surface area contributed by atoms with Crippen LogP contribution in [0.1, 0.15) is 33.0 Å². The van der Waals surface area contributed by atoms with Crippen molar-refractivity contribution in [3.05, 3.63) is 70.1 Å². The largest absolute Gasteiger partial charge is 0.458 e. The van der Waals surface area contributed by atoms with Crippen LogP contribution in [0.4, 0.5) is 4.39 Å². The number of halogens is 1. The van der Waals surface area contributed by atoms with E-state index in [0.29, 0.717) is 34.7 Å². The molecule has 0 radical (unpaired) electrons. The van der Waals surface area contributed by atoms with Crippen molar-refractivity contribution in [1.82, 2.24) is 19.9 Å². The molecule has 130 valence electrons. The summed E-state index contributed by atoms with van der Waals surface area (Å²) in [5.74, 6) is -0.0454. The van der Waals surface area contributed by atoms with E-state index in [-0.39, 0.29) is 11.7 Å². The molecule has 1 aliphatic heterocycles. The Bertz CT molecular complexity index is 1100. The van der Waals surface area contributed by atoms with Gasteiger partial charge in [0.2, 0.25) is 0 Å². The number of hydrogen-bond acceptors (Lipinski definition) is 5. The Hall–Kier alpha value is -3.00. The molecule has 0 bridgehead atoms. The Morgan fingerprint density at radius 2 is 2.31 bits per heavy atom. The van der Waals surface area contributed by atoms with Gasteiger partial charge >= 0.3 is 0 Å². The highest BCUT2D eigenvalue weighted by molar-refractivity contribution is 7.11. The van der Waals surface area contributed by atoms with Crippen LogP contribution in [0.15, 0.2) is 46.6 Å². The third kappa shape index (κ3) is 2.26. The van der Waals surface area contributed by atoms with Gasteiger partial charge in [-0.2, -0.15) is 0 Å². The van der Waals surface area contributed by atoms with Crippen LogP contribution in [0, 0.1) is 5.82 Å². The van der Waals surface area contributed by atoms with Crippen molar-refractivity contribution in [3.8, 4) is 0 Å². The highest BCUT2D eigenvalue weighted by Crippen LogP contribution is 2.37. The van der Waals surface area contributed by atoms with Gasteiger partial charge in [-0.15, -0.1) is 11.3 Å². The van der Waals surface area contributed by atoms with Crippen molar-refractivity contribution in [1.29, 1.82) is 0 Å². The number of furan rings is 1. The zero-order valence-corrected chi connectivity index (χ0v) is 14.3. The van der Waals surface area contributed by atoms with Crippen molar-refractivity contribution in [3.63, 3.8) is 0 Å². The van der Waals surface area contributed by atoms with Crippen molar-refractivity contribution < 1.29 is 13.6 Å². The van der Waals surface area contributed by atoms with Crippen molar-refractivity contribution >= 4 is 28.2 Å². The summed E-state index contributed by atoms with van der Waals surface area (Å²) in [5, 5.41) is 2.58. The lowest BCUT2D eigenvalue weighted by Crippen LogP contribution is -2.40. The fourth-order valence-electron chi connectivity index (χ4n) is 3.42. The fraction of sp³-hybridized carbons (Fsp3) is 0.167. The molecule has 26 heavy (non-hydrogen) atoms. The number of imidazole rings is 1. The average molecular weight is 368 g/mol. The number of aromatic amines is 1. The number of benzene rings is 1. The molecule has 6 nitrogen and oxygen atoms in total. The van der Waals surface area contributed by atoms with E-state index in [9.17, 15) is 9.18 Å². The summed E-state index contributed by atoms with van der Waals surface area (Å²) in [6.07, 6.45) is 3.88. The molecule has 0 spiro atoms. The van der Waals surface area contributed by atoms with Gasteiger partial charge in [-0.1, -0.05) is 6.07 Å². The minimum absolute atomic E-state index is 0.181. The Labute approximate surface area is 151 Å². The highest BCUT2D eigenvalue weighted by Gasteiger charge is 2.37. The molecule has 1 N–H and O–H groups in total. The Kier molecular flexibility index (Phi) is 3.39. The predicted octanol–water partition coefficient (Wildman–Crippen LogP) is 3.54. The lowest BCUT2D eigenvalue weighted by atomic mass is 10.00. The molecule has 8 heteroatoms. The molecule has 0 aliphatic carbocycles. The first-order chi connectivity index (χ1) is 12.7. The molecule has 5 rings (SSSR count). The van der Waals surface area contributed by atoms with Gasteiger partial charge in [-0.05, 0) is 18.2 Å². The quantitative estimate of drug-likeness (QED) is 0.587. The van der Waals surface area contributed by atoms with Gasteiger partial charge in [0, 0.05) is 30.2 Å². The smallest absolute Gasteiger partial charge is 0.283 e. The topological polar surface area (TPSA) is 75.0 Å². The molecule has 0 unspecified atom stereocenters. The van der Waals surface area contributed by atoms with Gasteiger partial charge in [0.15, 0.2) is 5.01 Å². The van der Waals surface area contributed by atoms with Crippen LogP contribution in [0.3, 0.4) is 0 Å². The molecule has 4 heterocycles. The Balaban J connectivity index is 1.66. The van der Waals surface area contributed by atoms with Crippen molar-refractivity contribution in [2.24, 2.45) is 0 Å². The molecule has 1 amide bonds. The first kappa shape index (κ1) is 15.3. The number of nitrogens with zero attached hydrogens (tertiary/aromatic N) is 3. The van der Waals surface area contributed by atoms with E-state index in [2.05, 4.69) is 15.0 Å². The molecule has 0 saturated carbocycles. The number of H-pyrrole nitrogens is 1. The first-order valence-electron chi connectivity index (χ1n) is 8.13. The van der Waals surface area contributed by atoms with Gasteiger partial charge in [0.25, 0.3) is 5.91 Å². The number of aromatic nitrogens is 3. The van der Waals surface area contributed by atoms with Crippen LogP contribution >= 0.6 is 11.3 Å². The van der Waals surface area contributed by atoms with Gasteiger partial charge in [-0.3, -0.25) is 4.79 Å². The van der Waals surface area contributed by atoms with Crippen LogP contribution < -0.4 is 0 Å². The SMILES string of the molecule is O=C(c1nccs1)N1CCc2[nH]cnc2[C@H]1c1cc2c(F)cccc2o1. The summed E-state index contributed by atoms with van der Waals surface area (Å²) in [7, 11) is 0. The molecule has 0 fully saturated rings. The van der Waals surface area contributed by atoms with E-state index in [4.69, 9.17) is 4.42 Å². The molecule has 0 saturated heterocycles. The summed E-state index contributed by atoms with van der Waals surface area (Å²) in [6, 6.07) is 5.84. The maximum atomic E-state index is 14.1. The summed E-state index contributed by atoms with van der Waals surface area (Å²) >= 11 is 1.29. The van der Waals surface area contributed by atoms with Crippen LogP contribution in [0.2, 0.25) is 0 Å². The lowest BCUT2D eigenvalue weighted by molar-refractivity contribution is 0.0672. The Morgan fingerprint density at radius 1 is 1.38 bits per heavy atom. The van der Waals surface area contributed by atoms with E-state index in [1.54, 1.807) is 41.0 Å². The zero-order valence-electron chi connectivity index (χ0n) is 13.5. The number of nitrogens with one attached hydrogen (secondary N) is 1. The lowest BCUT2D eigenvalue weighted by Gasteiger charge is -2.33. The molecule has 1 aliphatic rings. The van der Waals surface area contributed by atoms with Gasteiger partial charge in [0.1, 0.15) is 23.2 Å². The monoisotopic (exact) mass is 368 g/mol. The van der Waals surface area contributed by atoms with Gasteiger partial charge < -0.3 is 14.3 Å². The van der Waals surface area contributed by atoms with Crippen LogP contribution in [0.25, 0.3) is 11.0 Å². The maximum absolute atomic E-state index is 14.1. The van der Waals surface area contributed by atoms with E-state index in [1.165, 1.54) is 17.4 Å². The first-order valence-corrected chi connectivity index (χ1v) is 9.01. The maximum Gasteiger partial charge on any atom is 0.283 e. The molecule has 1 aromatic carbocycles. The molecule has 1 atom stereocenters. The standard InChI is InChI=1S/C18H13FN4O2S/c19-11-2-1-3-13-10(11)8-14(25-13)16-15-12(21-9-22-15)4-6-23(16)18(24)17-20-5-7-26-17/h1-3,5,7-9,16H,4,6H2,(H,21,22)/t16-/m1/s1. The number of hydrogen-bond donors (Lipinski definition) is 1. The second-order valence-electron chi connectivity index (χ2n) is 6.06. The van der Waals surface area contributed by atoms with Crippen LogP contribution in [-0.4, -0.2) is 32.3 Å². The van der Waals surface area contributed by atoms with E-state index < -0.39 is 6.04 Å². The predicted molar refractivity (Wildman–Crippen MR) is 93.5 cm³/mol. The van der Waals surface area contributed by atoms with Crippen LogP contribution in [0.5, 0.6) is 0 Å². The molecular formula is C18H13FN4O2S. The minimum Gasteiger partial charge on any atom is -0.458 e. The Morgan fingerprint density at radius 3 is 3.12 bits per heavy atom.